The maximum absolute atomic E-state index is 8.94. The van der Waals surface area contributed by atoms with Crippen LogP contribution in [-0.4, -0.2) is 10.9 Å². The van der Waals surface area contributed by atoms with Crippen LogP contribution in [0.15, 0.2) is 17.3 Å². The molecule has 0 atom stereocenters. The van der Waals surface area contributed by atoms with Crippen LogP contribution >= 0.6 is 0 Å². The fourth-order valence-electron chi connectivity index (χ4n) is 2.25. The van der Waals surface area contributed by atoms with E-state index in [1.165, 1.54) is 22.3 Å². The van der Waals surface area contributed by atoms with E-state index in [9.17, 15) is 0 Å². The number of benzene rings is 1. The van der Waals surface area contributed by atoms with E-state index in [1.807, 2.05) is 0 Å². The van der Waals surface area contributed by atoms with Crippen molar-refractivity contribution < 1.29 is 5.21 Å². The van der Waals surface area contributed by atoms with Gasteiger partial charge < -0.3 is 5.21 Å². The van der Waals surface area contributed by atoms with E-state index < -0.39 is 0 Å². The molecule has 0 aliphatic heterocycles. The van der Waals surface area contributed by atoms with Crippen LogP contribution in [-0.2, 0) is 6.42 Å². The monoisotopic (exact) mass is 189 g/mol. The van der Waals surface area contributed by atoms with E-state index in [0.29, 0.717) is 0 Å². The van der Waals surface area contributed by atoms with E-state index in [2.05, 4.69) is 31.1 Å². The Kier molecular flexibility index (Phi) is 2.28. The standard InChI is InChI=1S/C12H15NO/c1-8-6-7-9(2)12-10(8)4-3-5-11(12)13-14/h6-7,14H,3-5H2,1-2H3/b13-11-. The van der Waals surface area contributed by atoms with Crippen molar-refractivity contribution in [3.8, 4) is 0 Å². The molecule has 0 fully saturated rings. The second kappa shape index (κ2) is 3.45. The van der Waals surface area contributed by atoms with Gasteiger partial charge in [0.05, 0.1) is 5.71 Å². The third-order valence-corrected chi connectivity index (χ3v) is 3.01. The Morgan fingerprint density at radius 2 is 1.86 bits per heavy atom. The first-order valence-electron chi connectivity index (χ1n) is 5.04. The molecule has 1 N–H and O–H groups in total. The summed E-state index contributed by atoms with van der Waals surface area (Å²) in [5.74, 6) is 0. The minimum Gasteiger partial charge on any atom is -0.411 e. The summed E-state index contributed by atoms with van der Waals surface area (Å²) in [6, 6.07) is 4.25. The minimum atomic E-state index is 0.854. The second-order valence-electron chi connectivity index (χ2n) is 3.95. The van der Waals surface area contributed by atoms with E-state index in [4.69, 9.17) is 5.21 Å². The molecule has 0 saturated heterocycles. The number of fused-ring (bicyclic) bond motifs is 1. The molecular formula is C12H15NO. The second-order valence-corrected chi connectivity index (χ2v) is 3.95. The molecule has 0 saturated carbocycles. The quantitative estimate of drug-likeness (QED) is 0.494. The molecule has 0 amide bonds. The molecule has 1 aliphatic carbocycles. The summed E-state index contributed by atoms with van der Waals surface area (Å²) in [4.78, 5) is 0. The molecule has 14 heavy (non-hydrogen) atoms. The first kappa shape index (κ1) is 9.25. The van der Waals surface area contributed by atoms with E-state index in [-0.39, 0.29) is 0 Å². The van der Waals surface area contributed by atoms with Gasteiger partial charge in [0.25, 0.3) is 0 Å². The number of hydrogen-bond acceptors (Lipinski definition) is 2. The summed E-state index contributed by atoms with van der Waals surface area (Å²) in [5, 5.41) is 12.3. The van der Waals surface area contributed by atoms with Gasteiger partial charge in [0.1, 0.15) is 0 Å². The maximum atomic E-state index is 8.94. The molecule has 0 bridgehead atoms. The van der Waals surface area contributed by atoms with Gasteiger partial charge in [0.15, 0.2) is 0 Å². The van der Waals surface area contributed by atoms with Crippen LogP contribution in [0.4, 0.5) is 0 Å². The minimum absolute atomic E-state index is 0.854. The topological polar surface area (TPSA) is 32.6 Å². The van der Waals surface area contributed by atoms with Crippen LogP contribution in [0, 0.1) is 13.8 Å². The molecule has 0 spiro atoms. The Balaban J connectivity index is 2.67. The molecule has 2 rings (SSSR count). The summed E-state index contributed by atoms with van der Waals surface area (Å²) in [6.45, 7) is 4.20. The van der Waals surface area contributed by atoms with Gasteiger partial charge in [-0.1, -0.05) is 17.3 Å². The summed E-state index contributed by atoms with van der Waals surface area (Å²) in [6.07, 6.45) is 3.10. The lowest BCUT2D eigenvalue weighted by Crippen LogP contribution is -2.15. The molecule has 1 aliphatic rings. The van der Waals surface area contributed by atoms with Gasteiger partial charge in [-0.05, 0) is 49.8 Å². The maximum Gasteiger partial charge on any atom is 0.0873 e. The first-order chi connectivity index (χ1) is 6.74. The molecule has 74 valence electrons. The molecule has 0 aromatic heterocycles. The van der Waals surface area contributed by atoms with Gasteiger partial charge in [0, 0.05) is 5.56 Å². The van der Waals surface area contributed by atoms with Crippen molar-refractivity contribution in [2.24, 2.45) is 5.16 Å². The van der Waals surface area contributed by atoms with Crippen LogP contribution in [0.5, 0.6) is 0 Å². The van der Waals surface area contributed by atoms with Crippen molar-refractivity contribution in [3.05, 3.63) is 34.4 Å². The Labute approximate surface area is 84.3 Å². The average Bonchev–Trinajstić information content (AvgIpc) is 2.23. The third-order valence-electron chi connectivity index (χ3n) is 3.01. The highest BCUT2D eigenvalue weighted by molar-refractivity contribution is 6.03. The van der Waals surface area contributed by atoms with Gasteiger partial charge in [-0.25, -0.2) is 0 Å². The largest absolute Gasteiger partial charge is 0.411 e. The average molecular weight is 189 g/mol. The van der Waals surface area contributed by atoms with Gasteiger partial charge >= 0.3 is 0 Å². The molecule has 0 heterocycles. The van der Waals surface area contributed by atoms with Crippen LogP contribution in [0.1, 0.15) is 35.1 Å². The number of nitrogens with zero attached hydrogens (tertiary/aromatic N) is 1. The molecule has 2 nitrogen and oxygen atoms in total. The fraction of sp³-hybridized carbons (Fsp3) is 0.417. The van der Waals surface area contributed by atoms with Crippen molar-refractivity contribution in [1.82, 2.24) is 0 Å². The molecule has 2 heteroatoms. The lowest BCUT2D eigenvalue weighted by molar-refractivity contribution is 0.317. The van der Waals surface area contributed by atoms with Crippen molar-refractivity contribution in [3.63, 3.8) is 0 Å². The zero-order valence-electron chi connectivity index (χ0n) is 8.67. The van der Waals surface area contributed by atoms with E-state index >= 15 is 0 Å². The fourth-order valence-corrected chi connectivity index (χ4v) is 2.25. The molecule has 1 aromatic rings. The number of hydrogen-bond donors (Lipinski definition) is 1. The SMILES string of the molecule is Cc1ccc(C)c2c1CCC/C2=N/O. The highest BCUT2D eigenvalue weighted by Crippen LogP contribution is 2.27. The smallest absolute Gasteiger partial charge is 0.0873 e. The number of aryl methyl sites for hydroxylation is 2. The van der Waals surface area contributed by atoms with Crippen molar-refractivity contribution >= 4 is 5.71 Å². The molecule has 0 radical (unpaired) electrons. The van der Waals surface area contributed by atoms with Crippen LogP contribution < -0.4 is 0 Å². The third kappa shape index (κ3) is 1.31. The zero-order chi connectivity index (χ0) is 10.1. The molecular weight excluding hydrogens is 174 g/mol. The molecule has 1 aromatic carbocycles. The zero-order valence-corrected chi connectivity index (χ0v) is 8.67. The Bertz CT molecular complexity index is 394. The lowest BCUT2D eigenvalue weighted by Gasteiger charge is -2.20. The Hall–Kier alpha value is -1.31. The predicted octanol–water partition coefficient (Wildman–Crippen LogP) is 2.82. The van der Waals surface area contributed by atoms with Gasteiger partial charge in [0.2, 0.25) is 0 Å². The van der Waals surface area contributed by atoms with E-state index in [1.54, 1.807) is 0 Å². The van der Waals surface area contributed by atoms with Crippen molar-refractivity contribution in [1.29, 1.82) is 0 Å². The van der Waals surface area contributed by atoms with Gasteiger partial charge in [-0.15, -0.1) is 0 Å². The normalized spacial score (nSPS) is 18.3. The summed E-state index contributed by atoms with van der Waals surface area (Å²) in [7, 11) is 0. The Morgan fingerprint density at radius 3 is 2.57 bits per heavy atom. The van der Waals surface area contributed by atoms with Gasteiger partial charge in [-0.3, -0.25) is 0 Å². The summed E-state index contributed by atoms with van der Waals surface area (Å²) < 4.78 is 0. The number of rotatable bonds is 0. The summed E-state index contributed by atoms with van der Waals surface area (Å²) in [5.41, 5.74) is 5.93. The summed E-state index contributed by atoms with van der Waals surface area (Å²) >= 11 is 0. The first-order valence-corrected chi connectivity index (χ1v) is 5.04. The van der Waals surface area contributed by atoms with Crippen LogP contribution in [0.25, 0.3) is 0 Å². The Morgan fingerprint density at radius 1 is 1.14 bits per heavy atom. The predicted molar refractivity (Wildman–Crippen MR) is 57.2 cm³/mol. The van der Waals surface area contributed by atoms with Crippen LogP contribution in [0.3, 0.4) is 0 Å². The highest BCUT2D eigenvalue weighted by Gasteiger charge is 2.19. The van der Waals surface area contributed by atoms with Crippen LogP contribution in [0.2, 0.25) is 0 Å². The highest BCUT2D eigenvalue weighted by atomic mass is 16.4. The van der Waals surface area contributed by atoms with Crippen molar-refractivity contribution in [2.45, 2.75) is 33.1 Å². The van der Waals surface area contributed by atoms with Crippen molar-refractivity contribution in [2.75, 3.05) is 0 Å². The number of oxime groups is 1. The molecule has 0 unspecified atom stereocenters. The van der Waals surface area contributed by atoms with Gasteiger partial charge in [-0.2, -0.15) is 0 Å². The van der Waals surface area contributed by atoms with E-state index in [0.717, 1.165) is 25.0 Å². The lowest BCUT2D eigenvalue weighted by atomic mass is 9.84.